The van der Waals surface area contributed by atoms with E-state index in [1.54, 1.807) is 18.4 Å². The van der Waals surface area contributed by atoms with Crippen molar-refractivity contribution in [3.63, 3.8) is 0 Å². The van der Waals surface area contributed by atoms with E-state index in [9.17, 15) is 9.18 Å². The standard InChI is InChI=1S/C26H21BrFNO3/c1-3-31-24-14-25-20(21(15-32-25)17-8-10-18(27)11-9-17)13-19(24)16(2)12-26(30)29-23-7-5-4-6-22(23)28/h4-15H,3H2,1-2H3,(H,29,30)/b16-12+. The van der Waals surface area contributed by atoms with Crippen LogP contribution in [0.4, 0.5) is 10.1 Å². The van der Waals surface area contributed by atoms with Crippen LogP contribution in [-0.2, 0) is 4.79 Å². The lowest BCUT2D eigenvalue weighted by molar-refractivity contribution is -0.111. The molecule has 6 heteroatoms. The molecule has 1 amide bonds. The number of para-hydroxylation sites is 1. The smallest absolute Gasteiger partial charge is 0.248 e. The molecule has 3 aromatic carbocycles. The van der Waals surface area contributed by atoms with Crippen LogP contribution in [-0.4, -0.2) is 12.5 Å². The van der Waals surface area contributed by atoms with Crippen LogP contribution in [0.3, 0.4) is 0 Å². The number of allylic oxidation sites excluding steroid dienone is 1. The monoisotopic (exact) mass is 493 g/mol. The summed E-state index contributed by atoms with van der Waals surface area (Å²) in [7, 11) is 0. The number of anilines is 1. The highest BCUT2D eigenvalue weighted by atomic mass is 79.9. The minimum Gasteiger partial charge on any atom is -0.493 e. The van der Waals surface area contributed by atoms with Crippen molar-refractivity contribution in [1.82, 2.24) is 0 Å². The molecule has 0 radical (unpaired) electrons. The number of hydrogen-bond donors (Lipinski definition) is 1. The van der Waals surface area contributed by atoms with E-state index in [-0.39, 0.29) is 5.69 Å². The van der Waals surface area contributed by atoms with E-state index in [0.717, 1.165) is 26.5 Å². The Morgan fingerprint density at radius 2 is 1.91 bits per heavy atom. The number of hydrogen-bond acceptors (Lipinski definition) is 3. The highest BCUT2D eigenvalue weighted by Gasteiger charge is 2.15. The van der Waals surface area contributed by atoms with Crippen LogP contribution in [0.15, 0.2) is 81.9 Å². The SMILES string of the molecule is CCOc1cc2occ(-c3ccc(Br)cc3)c2cc1/C(C)=C/C(=O)Nc1ccccc1F. The van der Waals surface area contributed by atoms with E-state index < -0.39 is 11.7 Å². The van der Waals surface area contributed by atoms with Gasteiger partial charge in [-0.05, 0) is 55.3 Å². The number of furan rings is 1. The molecule has 0 bridgehead atoms. The molecule has 1 heterocycles. The lowest BCUT2D eigenvalue weighted by atomic mass is 9.99. The molecule has 0 unspecified atom stereocenters. The second kappa shape index (κ2) is 9.40. The molecule has 162 valence electrons. The summed E-state index contributed by atoms with van der Waals surface area (Å²) >= 11 is 3.46. The zero-order valence-electron chi connectivity index (χ0n) is 17.6. The van der Waals surface area contributed by atoms with Gasteiger partial charge in [-0.2, -0.15) is 0 Å². The average Bonchev–Trinajstić information content (AvgIpc) is 3.18. The summed E-state index contributed by atoms with van der Waals surface area (Å²) in [5.41, 5.74) is 4.24. The van der Waals surface area contributed by atoms with E-state index >= 15 is 0 Å². The molecule has 1 aromatic heterocycles. The fourth-order valence-corrected chi connectivity index (χ4v) is 3.76. The summed E-state index contributed by atoms with van der Waals surface area (Å²) < 4.78 is 26.5. The molecule has 0 spiro atoms. The molecule has 32 heavy (non-hydrogen) atoms. The molecule has 4 rings (SSSR count). The molecule has 4 nitrogen and oxygen atoms in total. The van der Waals surface area contributed by atoms with Crippen LogP contribution < -0.4 is 10.1 Å². The van der Waals surface area contributed by atoms with Crippen molar-refractivity contribution in [2.24, 2.45) is 0 Å². The maximum Gasteiger partial charge on any atom is 0.248 e. The van der Waals surface area contributed by atoms with Gasteiger partial charge in [0.1, 0.15) is 17.1 Å². The summed E-state index contributed by atoms with van der Waals surface area (Å²) in [6.07, 6.45) is 3.16. The topological polar surface area (TPSA) is 51.5 Å². The van der Waals surface area contributed by atoms with Gasteiger partial charge >= 0.3 is 0 Å². The molecular weight excluding hydrogens is 473 g/mol. The largest absolute Gasteiger partial charge is 0.493 e. The third-order valence-electron chi connectivity index (χ3n) is 5.03. The van der Waals surface area contributed by atoms with Crippen LogP contribution in [0.25, 0.3) is 27.7 Å². The van der Waals surface area contributed by atoms with Crippen molar-refractivity contribution in [3.05, 3.63) is 88.9 Å². The van der Waals surface area contributed by atoms with Crippen molar-refractivity contribution < 1.29 is 18.3 Å². The first kappa shape index (κ1) is 21.8. The number of fused-ring (bicyclic) bond motifs is 1. The molecule has 0 fully saturated rings. The van der Waals surface area contributed by atoms with Crippen molar-refractivity contribution in [1.29, 1.82) is 0 Å². The van der Waals surface area contributed by atoms with E-state index in [0.29, 0.717) is 23.5 Å². The number of ether oxygens (including phenoxy) is 1. The minimum absolute atomic E-state index is 0.134. The molecular formula is C26H21BrFNO3. The quantitative estimate of drug-likeness (QED) is 0.284. The Balaban J connectivity index is 1.73. The van der Waals surface area contributed by atoms with Gasteiger partial charge in [0.15, 0.2) is 0 Å². The van der Waals surface area contributed by atoms with Crippen LogP contribution in [0.2, 0.25) is 0 Å². The highest BCUT2D eigenvalue weighted by molar-refractivity contribution is 9.10. The van der Waals surface area contributed by atoms with Gasteiger partial charge in [-0.25, -0.2) is 4.39 Å². The van der Waals surface area contributed by atoms with E-state index in [2.05, 4.69) is 21.2 Å². The molecule has 4 aromatic rings. The summed E-state index contributed by atoms with van der Waals surface area (Å²) in [4.78, 5) is 12.5. The minimum atomic E-state index is -0.485. The summed E-state index contributed by atoms with van der Waals surface area (Å²) in [6.45, 7) is 4.19. The van der Waals surface area contributed by atoms with Crippen LogP contribution in [0, 0.1) is 5.82 Å². The van der Waals surface area contributed by atoms with Crippen molar-refractivity contribution in [2.75, 3.05) is 11.9 Å². The molecule has 0 atom stereocenters. The Labute approximate surface area is 193 Å². The fraction of sp³-hybridized carbons (Fsp3) is 0.115. The highest BCUT2D eigenvalue weighted by Crippen LogP contribution is 2.37. The second-order valence-corrected chi connectivity index (χ2v) is 8.15. The number of halogens is 2. The van der Waals surface area contributed by atoms with Gasteiger partial charge in [0.2, 0.25) is 5.91 Å². The van der Waals surface area contributed by atoms with Gasteiger partial charge < -0.3 is 14.5 Å². The predicted molar refractivity (Wildman–Crippen MR) is 129 cm³/mol. The van der Waals surface area contributed by atoms with Gasteiger partial charge in [0.25, 0.3) is 0 Å². The third-order valence-corrected chi connectivity index (χ3v) is 5.56. The van der Waals surface area contributed by atoms with E-state index in [1.165, 1.54) is 18.2 Å². The maximum atomic E-state index is 13.9. The lowest BCUT2D eigenvalue weighted by Crippen LogP contribution is -2.10. The number of benzene rings is 3. The number of nitrogens with one attached hydrogen (secondary N) is 1. The van der Waals surface area contributed by atoms with Crippen LogP contribution >= 0.6 is 15.9 Å². The van der Waals surface area contributed by atoms with Crippen molar-refractivity contribution in [2.45, 2.75) is 13.8 Å². The van der Waals surface area contributed by atoms with Gasteiger partial charge in [0.05, 0.1) is 18.6 Å². The molecule has 0 saturated heterocycles. The predicted octanol–water partition coefficient (Wildman–Crippen LogP) is 7.44. The molecule has 0 aliphatic rings. The van der Waals surface area contributed by atoms with E-state index in [4.69, 9.17) is 9.15 Å². The Morgan fingerprint density at radius 1 is 1.16 bits per heavy atom. The summed E-state index contributed by atoms with van der Waals surface area (Å²) in [5, 5.41) is 3.49. The Kier molecular flexibility index (Phi) is 6.42. The first-order valence-electron chi connectivity index (χ1n) is 10.1. The second-order valence-electron chi connectivity index (χ2n) is 7.23. The molecule has 1 N–H and O–H groups in total. The Bertz CT molecular complexity index is 1310. The van der Waals surface area contributed by atoms with Crippen molar-refractivity contribution >= 4 is 44.1 Å². The summed E-state index contributed by atoms with van der Waals surface area (Å²) in [5.74, 6) is -0.291. The van der Waals surface area contributed by atoms with Gasteiger partial charge in [-0.1, -0.05) is 40.2 Å². The van der Waals surface area contributed by atoms with Crippen molar-refractivity contribution in [3.8, 4) is 16.9 Å². The van der Waals surface area contributed by atoms with E-state index in [1.807, 2.05) is 50.2 Å². The maximum absolute atomic E-state index is 13.9. The number of carbonyl (C=O) groups excluding carboxylic acids is 1. The first-order valence-corrected chi connectivity index (χ1v) is 10.9. The van der Waals surface area contributed by atoms with Crippen LogP contribution in [0.5, 0.6) is 5.75 Å². The average molecular weight is 494 g/mol. The first-order chi connectivity index (χ1) is 15.5. The Morgan fingerprint density at radius 3 is 2.62 bits per heavy atom. The van der Waals surface area contributed by atoms with Gasteiger partial charge in [0, 0.05) is 33.1 Å². The Hall–Kier alpha value is -3.38. The normalized spacial score (nSPS) is 11.6. The molecule has 0 aliphatic heterocycles. The zero-order valence-corrected chi connectivity index (χ0v) is 19.2. The third kappa shape index (κ3) is 4.60. The number of carbonyl (C=O) groups is 1. The number of amides is 1. The molecule has 0 aliphatic carbocycles. The summed E-state index contributed by atoms with van der Waals surface area (Å²) in [6, 6.07) is 17.8. The fourth-order valence-electron chi connectivity index (χ4n) is 3.50. The van der Waals surface area contributed by atoms with Crippen LogP contribution in [0.1, 0.15) is 19.4 Å². The number of rotatable bonds is 6. The van der Waals surface area contributed by atoms with Gasteiger partial charge in [-0.15, -0.1) is 0 Å². The lowest BCUT2D eigenvalue weighted by Gasteiger charge is -2.12. The molecule has 0 saturated carbocycles. The zero-order chi connectivity index (χ0) is 22.7. The van der Waals surface area contributed by atoms with Gasteiger partial charge in [-0.3, -0.25) is 4.79 Å².